The number of hydrogen-bond donors (Lipinski definition) is 0. The topological polar surface area (TPSA) is 0 Å². The van der Waals surface area contributed by atoms with E-state index in [1.807, 2.05) is 21.6 Å². The van der Waals surface area contributed by atoms with Crippen molar-refractivity contribution in [2.24, 2.45) is 5.41 Å². The summed E-state index contributed by atoms with van der Waals surface area (Å²) in [5.74, 6) is 0. The van der Waals surface area contributed by atoms with Crippen molar-refractivity contribution in [3.8, 4) is 0 Å². The van der Waals surface area contributed by atoms with Crippen LogP contribution in [0.2, 0.25) is 0 Å². The average molecular weight is 220 g/mol. The summed E-state index contributed by atoms with van der Waals surface area (Å²) in [7, 11) is 4.03. The third-order valence-corrected chi connectivity index (χ3v) is 5.30. The van der Waals surface area contributed by atoms with Gasteiger partial charge >= 0.3 is 0 Å². The molecule has 0 aliphatic carbocycles. The van der Waals surface area contributed by atoms with Crippen LogP contribution in [0.3, 0.4) is 0 Å². The minimum atomic E-state index is 0.396. The second kappa shape index (κ2) is 4.97. The maximum absolute atomic E-state index is 2.35. The van der Waals surface area contributed by atoms with Crippen molar-refractivity contribution in [2.45, 2.75) is 64.9 Å². The summed E-state index contributed by atoms with van der Waals surface area (Å²) in [5, 5.41) is 0.726. The summed E-state index contributed by atoms with van der Waals surface area (Å²) in [6.07, 6.45) is 1.27. The molecule has 0 unspecified atom stereocenters. The third-order valence-electron chi connectivity index (χ3n) is 1.42. The molecule has 2 heteroatoms. The largest absolute Gasteiger partial charge is 0.0908 e. The first-order chi connectivity index (χ1) is 5.62. The summed E-state index contributed by atoms with van der Waals surface area (Å²) >= 11 is 0. The molecule has 0 fully saturated rings. The van der Waals surface area contributed by atoms with Crippen LogP contribution in [0, 0.1) is 5.41 Å². The fourth-order valence-corrected chi connectivity index (χ4v) is 4.01. The second-order valence-corrected chi connectivity index (χ2v) is 9.21. The molecule has 0 radical (unpaired) electrons. The molecule has 0 spiro atoms. The van der Waals surface area contributed by atoms with Gasteiger partial charge in [0.25, 0.3) is 0 Å². The van der Waals surface area contributed by atoms with Crippen LogP contribution in [0.15, 0.2) is 0 Å². The lowest BCUT2D eigenvalue weighted by Crippen LogP contribution is -2.22. The molecule has 0 N–H and O–H groups in total. The van der Waals surface area contributed by atoms with Crippen molar-refractivity contribution in [3.05, 3.63) is 0 Å². The third kappa shape index (κ3) is 9.01. The molecular weight excluding hydrogens is 196 g/mol. The van der Waals surface area contributed by atoms with Gasteiger partial charge in [-0.25, -0.2) is 0 Å². The molecule has 13 heavy (non-hydrogen) atoms. The lowest BCUT2D eigenvalue weighted by atomic mass is 9.86. The van der Waals surface area contributed by atoms with Gasteiger partial charge < -0.3 is 0 Å². The molecule has 0 atom stereocenters. The summed E-state index contributed by atoms with van der Waals surface area (Å²) in [6, 6.07) is 0. The average Bonchev–Trinajstić information content (AvgIpc) is 1.78. The van der Waals surface area contributed by atoms with Gasteiger partial charge in [-0.2, -0.15) is 0 Å². The van der Waals surface area contributed by atoms with E-state index in [2.05, 4.69) is 48.5 Å². The molecule has 0 nitrogen and oxygen atoms in total. The molecule has 0 saturated heterocycles. The highest BCUT2D eigenvalue weighted by Crippen LogP contribution is 2.44. The van der Waals surface area contributed by atoms with Crippen LogP contribution >= 0.6 is 21.6 Å². The Kier molecular flexibility index (Phi) is 5.24. The maximum atomic E-state index is 2.35. The van der Waals surface area contributed by atoms with Crippen LogP contribution in [0.4, 0.5) is 0 Å². The lowest BCUT2D eigenvalue weighted by molar-refractivity contribution is 0.340. The normalized spacial score (nSPS) is 13.8. The quantitative estimate of drug-likeness (QED) is 0.612. The summed E-state index contributed by atoms with van der Waals surface area (Å²) in [5.41, 5.74) is 0.439. The van der Waals surface area contributed by atoms with E-state index in [0.29, 0.717) is 10.2 Å². The molecule has 80 valence electrons. The van der Waals surface area contributed by atoms with Crippen LogP contribution in [0.25, 0.3) is 0 Å². The van der Waals surface area contributed by atoms with Crippen LogP contribution < -0.4 is 0 Å². The standard InChI is InChI=1S/C11H24S2/c1-9(2)12-13-11(6,7)8-10(3,4)5/h9H,8H2,1-7H3. The molecule has 0 saturated carbocycles. The lowest BCUT2D eigenvalue weighted by Gasteiger charge is -2.31. The predicted octanol–water partition coefficient (Wildman–Crippen LogP) is 4.99. The van der Waals surface area contributed by atoms with Gasteiger partial charge in [0.05, 0.1) is 0 Å². The van der Waals surface area contributed by atoms with E-state index >= 15 is 0 Å². The molecule has 0 aromatic carbocycles. The SMILES string of the molecule is CC(C)SSC(C)(C)CC(C)(C)C. The van der Waals surface area contributed by atoms with E-state index in [1.165, 1.54) is 6.42 Å². The van der Waals surface area contributed by atoms with Gasteiger partial charge in [0.1, 0.15) is 0 Å². The predicted molar refractivity (Wildman–Crippen MR) is 68.5 cm³/mol. The Hall–Kier alpha value is 0.700. The highest BCUT2D eigenvalue weighted by atomic mass is 33.1. The van der Waals surface area contributed by atoms with Crippen molar-refractivity contribution in [3.63, 3.8) is 0 Å². The Labute approximate surface area is 92.0 Å². The van der Waals surface area contributed by atoms with Crippen LogP contribution in [-0.2, 0) is 0 Å². The van der Waals surface area contributed by atoms with Crippen molar-refractivity contribution in [1.29, 1.82) is 0 Å². The number of rotatable bonds is 4. The molecule has 0 rings (SSSR count). The first kappa shape index (κ1) is 13.7. The van der Waals surface area contributed by atoms with Crippen LogP contribution in [-0.4, -0.2) is 10.00 Å². The molecule has 0 aliphatic rings. The smallest absolute Gasteiger partial charge is 0.0212 e. The summed E-state index contributed by atoms with van der Waals surface area (Å²) in [4.78, 5) is 0. The van der Waals surface area contributed by atoms with E-state index in [0.717, 1.165) is 5.25 Å². The van der Waals surface area contributed by atoms with Gasteiger partial charge in [-0.15, -0.1) is 0 Å². The van der Waals surface area contributed by atoms with Gasteiger partial charge in [0.15, 0.2) is 0 Å². The van der Waals surface area contributed by atoms with Crippen LogP contribution in [0.5, 0.6) is 0 Å². The summed E-state index contributed by atoms with van der Waals surface area (Å²) < 4.78 is 0.396. The first-order valence-corrected chi connectivity index (χ1v) is 7.18. The molecule has 0 bridgehead atoms. The zero-order valence-electron chi connectivity index (χ0n) is 10.1. The van der Waals surface area contributed by atoms with E-state index in [-0.39, 0.29) is 0 Å². The fourth-order valence-electron chi connectivity index (χ4n) is 1.53. The summed E-state index contributed by atoms with van der Waals surface area (Å²) in [6.45, 7) is 16.1. The Balaban J connectivity index is 3.94. The zero-order chi connectivity index (χ0) is 10.7. The van der Waals surface area contributed by atoms with E-state index in [9.17, 15) is 0 Å². The van der Waals surface area contributed by atoms with Crippen molar-refractivity contribution >= 4 is 21.6 Å². The highest BCUT2D eigenvalue weighted by molar-refractivity contribution is 8.77. The molecule has 0 amide bonds. The van der Waals surface area contributed by atoms with Gasteiger partial charge in [-0.1, -0.05) is 56.2 Å². The molecule has 0 aromatic rings. The Morgan fingerprint density at radius 1 is 1.00 bits per heavy atom. The van der Waals surface area contributed by atoms with Gasteiger partial charge in [0.2, 0.25) is 0 Å². The van der Waals surface area contributed by atoms with Crippen molar-refractivity contribution < 1.29 is 0 Å². The van der Waals surface area contributed by atoms with Gasteiger partial charge in [-0.05, 0) is 25.7 Å². The Morgan fingerprint density at radius 3 is 1.77 bits per heavy atom. The Morgan fingerprint density at radius 2 is 1.46 bits per heavy atom. The molecular formula is C11H24S2. The monoisotopic (exact) mass is 220 g/mol. The minimum absolute atomic E-state index is 0.396. The van der Waals surface area contributed by atoms with E-state index in [4.69, 9.17) is 0 Å². The van der Waals surface area contributed by atoms with Crippen molar-refractivity contribution in [2.75, 3.05) is 0 Å². The maximum Gasteiger partial charge on any atom is 0.0212 e. The highest BCUT2D eigenvalue weighted by Gasteiger charge is 2.26. The fraction of sp³-hybridized carbons (Fsp3) is 1.00. The van der Waals surface area contributed by atoms with E-state index < -0.39 is 0 Å². The number of hydrogen-bond acceptors (Lipinski definition) is 2. The van der Waals surface area contributed by atoms with Crippen molar-refractivity contribution in [1.82, 2.24) is 0 Å². The van der Waals surface area contributed by atoms with Crippen LogP contribution in [0.1, 0.15) is 54.9 Å². The molecule has 0 heterocycles. The van der Waals surface area contributed by atoms with E-state index in [1.54, 1.807) is 0 Å². The van der Waals surface area contributed by atoms with Gasteiger partial charge in [-0.3, -0.25) is 0 Å². The van der Waals surface area contributed by atoms with Gasteiger partial charge in [0, 0.05) is 10.00 Å². The minimum Gasteiger partial charge on any atom is -0.0908 e. The second-order valence-electron chi connectivity index (χ2n) is 5.73. The molecule has 0 aromatic heterocycles. The Bertz CT molecular complexity index is 143. The molecule has 0 aliphatic heterocycles. The first-order valence-electron chi connectivity index (χ1n) is 4.97. The zero-order valence-corrected chi connectivity index (χ0v) is 11.7.